The van der Waals surface area contributed by atoms with Crippen molar-refractivity contribution < 1.29 is 8.81 Å². The first-order valence-electron chi connectivity index (χ1n) is 6.16. The molecule has 4 heteroatoms. The van der Waals surface area contributed by atoms with Crippen LogP contribution >= 0.6 is 0 Å². The summed E-state index contributed by atoms with van der Waals surface area (Å²) < 4.78 is 18.6. The highest BCUT2D eigenvalue weighted by Crippen LogP contribution is 2.10. The maximum Gasteiger partial charge on any atom is 0.194 e. The first kappa shape index (κ1) is 12.8. The second-order valence-corrected chi connectivity index (χ2v) is 4.24. The number of hydrogen-bond donors (Lipinski definition) is 1. The lowest BCUT2D eigenvalue weighted by Gasteiger charge is -1.99. The van der Waals surface area contributed by atoms with Gasteiger partial charge in [-0.05, 0) is 37.1 Å². The van der Waals surface area contributed by atoms with Crippen LogP contribution in [0, 0.1) is 5.82 Å². The Balaban J connectivity index is 1.88. The molecule has 96 valence electrons. The zero-order chi connectivity index (χ0) is 12.8. The average Bonchev–Trinajstić information content (AvgIpc) is 2.82. The van der Waals surface area contributed by atoms with E-state index in [4.69, 9.17) is 10.2 Å². The van der Waals surface area contributed by atoms with Gasteiger partial charge in [-0.1, -0.05) is 12.1 Å². The van der Waals surface area contributed by atoms with Crippen molar-refractivity contribution in [3.63, 3.8) is 0 Å². The number of nitrogens with zero attached hydrogens (tertiary/aromatic N) is 1. The second kappa shape index (κ2) is 6.31. The highest BCUT2D eigenvalue weighted by Gasteiger charge is 2.04. The smallest absolute Gasteiger partial charge is 0.194 e. The van der Waals surface area contributed by atoms with Crippen LogP contribution in [0.2, 0.25) is 0 Å². The maximum absolute atomic E-state index is 13.0. The summed E-state index contributed by atoms with van der Waals surface area (Å²) in [6.07, 6.45) is 4.89. The van der Waals surface area contributed by atoms with E-state index in [1.165, 1.54) is 12.1 Å². The van der Waals surface area contributed by atoms with E-state index in [1.54, 1.807) is 12.3 Å². The summed E-state index contributed by atoms with van der Waals surface area (Å²) in [7, 11) is 0. The number of oxazole rings is 1. The summed E-state index contributed by atoms with van der Waals surface area (Å²) in [5, 5.41) is 0. The fraction of sp³-hybridized carbons (Fsp3) is 0.357. The Kier molecular flexibility index (Phi) is 4.47. The van der Waals surface area contributed by atoms with Gasteiger partial charge in [0.1, 0.15) is 11.6 Å². The first-order chi connectivity index (χ1) is 8.78. The van der Waals surface area contributed by atoms with Crippen LogP contribution in [0.3, 0.4) is 0 Å². The molecule has 0 radical (unpaired) electrons. The SMILES string of the molecule is NCCCc1cnc(CCc2cccc(F)c2)o1. The van der Waals surface area contributed by atoms with Gasteiger partial charge < -0.3 is 10.2 Å². The molecule has 0 spiro atoms. The van der Waals surface area contributed by atoms with Crippen molar-refractivity contribution in [1.29, 1.82) is 0 Å². The van der Waals surface area contributed by atoms with Crippen LogP contribution in [0.15, 0.2) is 34.9 Å². The molecule has 0 amide bonds. The van der Waals surface area contributed by atoms with Crippen molar-refractivity contribution in [2.45, 2.75) is 25.7 Å². The van der Waals surface area contributed by atoms with Gasteiger partial charge in [0.25, 0.3) is 0 Å². The van der Waals surface area contributed by atoms with Crippen molar-refractivity contribution >= 4 is 0 Å². The van der Waals surface area contributed by atoms with E-state index >= 15 is 0 Å². The van der Waals surface area contributed by atoms with Gasteiger partial charge >= 0.3 is 0 Å². The molecule has 0 saturated heterocycles. The number of halogens is 1. The Hall–Kier alpha value is -1.68. The molecule has 0 aliphatic carbocycles. The first-order valence-corrected chi connectivity index (χ1v) is 6.16. The van der Waals surface area contributed by atoms with Gasteiger partial charge in [0.05, 0.1) is 6.20 Å². The van der Waals surface area contributed by atoms with Crippen molar-refractivity contribution in [1.82, 2.24) is 4.98 Å². The highest BCUT2D eigenvalue weighted by atomic mass is 19.1. The third kappa shape index (κ3) is 3.67. The fourth-order valence-electron chi connectivity index (χ4n) is 1.80. The fourth-order valence-corrected chi connectivity index (χ4v) is 1.80. The monoisotopic (exact) mass is 248 g/mol. The van der Waals surface area contributed by atoms with E-state index in [1.807, 2.05) is 6.07 Å². The molecule has 3 nitrogen and oxygen atoms in total. The molecule has 0 fully saturated rings. The van der Waals surface area contributed by atoms with Gasteiger partial charge in [-0.3, -0.25) is 0 Å². The molecule has 18 heavy (non-hydrogen) atoms. The molecule has 1 aromatic carbocycles. The average molecular weight is 248 g/mol. The normalized spacial score (nSPS) is 10.8. The summed E-state index contributed by atoms with van der Waals surface area (Å²) in [5.41, 5.74) is 6.39. The Morgan fingerprint density at radius 3 is 2.89 bits per heavy atom. The topological polar surface area (TPSA) is 52.0 Å². The van der Waals surface area contributed by atoms with Gasteiger partial charge in [-0.15, -0.1) is 0 Å². The van der Waals surface area contributed by atoms with Gasteiger partial charge in [-0.2, -0.15) is 0 Å². The molecule has 0 unspecified atom stereocenters. The molecular weight excluding hydrogens is 231 g/mol. The zero-order valence-corrected chi connectivity index (χ0v) is 10.2. The molecule has 2 N–H and O–H groups in total. The Morgan fingerprint density at radius 1 is 1.22 bits per heavy atom. The Morgan fingerprint density at radius 2 is 2.11 bits per heavy atom. The molecule has 2 aromatic rings. The van der Waals surface area contributed by atoms with E-state index in [9.17, 15) is 4.39 Å². The summed E-state index contributed by atoms with van der Waals surface area (Å²) in [5.74, 6) is 1.37. The third-order valence-corrected chi connectivity index (χ3v) is 2.75. The number of nitrogens with two attached hydrogens (primary N) is 1. The molecule has 0 atom stereocenters. The number of aromatic nitrogens is 1. The van der Waals surface area contributed by atoms with E-state index in [2.05, 4.69) is 4.98 Å². The van der Waals surface area contributed by atoms with E-state index in [0.717, 1.165) is 30.6 Å². The minimum Gasteiger partial charge on any atom is -0.446 e. The predicted octanol–water partition coefficient (Wildman–Crippen LogP) is 2.49. The number of rotatable bonds is 6. The molecule has 0 saturated carbocycles. The molecule has 1 aromatic heterocycles. The summed E-state index contributed by atoms with van der Waals surface area (Å²) >= 11 is 0. The minimum absolute atomic E-state index is 0.205. The van der Waals surface area contributed by atoms with E-state index < -0.39 is 0 Å². The minimum atomic E-state index is -0.205. The van der Waals surface area contributed by atoms with Crippen molar-refractivity contribution in [3.8, 4) is 0 Å². The number of aryl methyl sites for hydroxylation is 3. The van der Waals surface area contributed by atoms with Gasteiger partial charge in [0.15, 0.2) is 5.89 Å². The van der Waals surface area contributed by atoms with Gasteiger partial charge in [0, 0.05) is 12.8 Å². The molecule has 0 aliphatic rings. The summed E-state index contributed by atoms with van der Waals surface area (Å²) in [6, 6.07) is 6.60. The third-order valence-electron chi connectivity index (χ3n) is 2.75. The molecule has 2 rings (SSSR count). The standard InChI is InChI=1S/C14H17FN2O/c15-12-4-1-3-11(9-12)6-7-14-17-10-13(18-14)5-2-8-16/h1,3-4,9-10H,2,5-8,16H2. The predicted molar refractivity (Wildman–Crippen MR) is 67.7 cm³/mol. The highest BCUT2D eigenvalue weighted by molar-refractivity contribution is 5.17. The van der Waals surface area contributed by atoms with Crippen molar-refractivity contribution in [2.24, 2.45) is 5.73 Å². The van der Waals surface area contributed by atoms with Crippen molar-refractivity contribution in [3.05, 3.63) is 53.5 Å². The van der Waals surface area contributed by atoms with Crippen LogP contribution in [0.1, 0.15) is 23.6 Å². The largest absolute Gasteiger partial charge is 0.446 e. The van der Waals surface area contributed by atoms with E-state index in [0.29, 0.717) is 18.9 Å². The lowest BCUT2D eigenvalue weighted by molar-refractivity contribution is 0.450. The summed E-state index contributed by atoms with van der Waals surface area (Å²) in [4.78, 5) is 4.21. The molecule has 0 aliphatic heterocycles. The molecule has 1 heterocycles. The molecular formula is C14H17FN2O. The lowest BCUT2D eigenvalue weighted by Crippen LogP contribution is -1.99. The van der Waals surface area contributed by atoms with Crippen LogP contribution in [0.25, 0.3) is 0 Å². The number of hydrogen-bond acceptors (Lipinski definition) is 3. The Labute approximate surface area is 106 Å². The lowest BCUT2D eigenvalue weighted by atomic mass is 10.1. The number of benzene rings is 1. The van der Waals surface area contributed by atoms with Crippen LogP contribution < -0.4 is 5.73 Å². The van der Waals surface area contributed by atoms with Gasteiger partial charge in [-0.25, -0.2) is 9.37 Å². The van der Waals surface area contributed by atoms with Crippen LogP contribution in [-0.4, -0.2) is 11.5 Å². The maximum atomic E-state index is 13.0. The van der Waals surface area contributed by atoms with Crippen LogP contribution in [-0.2, 0) is 19.3 Å². The Bertz CT molecular complexity index is 496. The van der Waals surface area contributed by atoms with Crippen LogP contribution in [0.5, 0.6) is 0 Å². The quantitative estimate of drug-likeness (QED) is 0.854. The van der Waals surface area contributed by atoms with Crippen molar-refractivity contribution in [2.75, 3.05) is 6.54 Å². The zero-order valence-electron chi connectivity index (χ0n) is 10.2. The van der Waals surface area contributed by atoms with Crippen LogP contribution in [0.4, 0.5) is 4.39 Å². The second-order valence-electron chi connectivity index (χ2n) is 4.24. The van der Waals surface area contributed by atoms with E-state index in [-0.39, 0.29) is 5.82 Å². The summed E-state index contributed by atoms with van der Waals surface area (Å²) in [6.45, 7) is 0.652. The van der Waals surface area contributed by atoms with Gasteiger partial charge in [0.2, 0.25) is 0 Å². The molecule has 0 bridgehead atoms.